The maximum Gasteiger partial charge on any atom is 0.269 e. The van der Waals surface area contributed by atoms with Crippen LogP contribution in [0.4, 0.5) is 5.82 Å². The van der Waals surface area contributed by atoms with Gasteiger partial charge in [0.2, 0.25) is 5.91 Å². The third kappa shape index (κ3) is 2.64. The van der Waals surface area contributed by atoms with Gasteiger partial charge in [0.05, 0.1) is 24.2 Å². The van der Waals surface area contributed by atoms with Crippen molar-refractivity contribution in [1.82, 2.24) is 24.9 Å². The number of rotatable bonds is 4. The van der Waals surface area contributed by atoms with E-state index in [9.17, 15) is 14.9 Å². The number of hydrogen-bond acceptors (Lipinski definition) is 6. The Morgan fingerprint density at radius 3 is 2.83 bits per heavy atom. The number of amides is 2. The molecule has 1 atom stereocenters. The first kappa shape index (κ1) is 18.2. The van der Waals surface area contributed by atoms with E-state index in [0.29, 0.717) is 41.3 Å². The van der Waals surface area contributed by atoms with Crippen molar-refractivity contribution in [3.63, 3.8) is 0 Å². The smallest absolute Gasteiger partial charge is 0.269 e. The number of carbonyl (C=O) groups is 2. The topological polar surface area (TPSA) is 116 Å². The molecule has 1 aliphatic heterocycles. The van der Waals surface area contributed by atoms with Crippen LogP contribution < -0.4 is 10.2 Å². The summed E-state index contributed by atoms with van der Waals surface area (Å²) < 4.78 is 1.67. The SMILES string of the molecule is CNC(=O)c1ccc(-c2cn3nccc3c(N3CC[C@@](C#N)(C4CC4)C3=O)n2)cn1. The highest BCUT2D eigenvalue weighted by Gasteiger charge is 2.57. The van der Waals surface area contributed by atoms with E-state index in [4.69, 9.17) is 4.98 Å². The standard InChI is InChI=1S/C21H19N7O2/c1-23-19(29)15-5-2-13(10-24-15)16-11-28-17(6-8-25-28)18(26-16)27-9-7-21(12-22,20(27)30)14-3-4-14/h2,5-6,8,10-11,14H,3-4,7,9H2,1H3,(H,23,29)/t21-/m1/s1. The van der Waals surface area contributed by atoms with E-state index in [0.717, 1.165) is 12.8 Å². The normalized spacial score (nSPS) is 21.1. The molecule has 30 heavy (non-hydrogen) atoms. The van der Waals surface area contributed by atoms with Crippen LogP contribution in [-0.2, 0) is 4.79 Å². The van der Waals surface area contributed by atoms with Gasteiger partial charge in [0.25, 0.3) is 5.91 Å². The number of aromatic nitrogens is 4. The lowest BCUT2D eigenvalue weighted by Gasteiger charge is -2.21. The van der Waals surface area contributed by atoms with E-state index in [2.05, 4.69) is 21.5 Å². The molecule has 1 saturated carbocycles. The molecule has 0 unspecified atom stereocenters. The van der Waals surface area contributed by atoms with Crippen LogP contribution in [0.3, 0.4) is 0 Å². The van der Waals surface area contributed by atoms with Gasteiger partial charge in [-0.25, -0.2) is 9.50 Å². The van der Waals surface area contributed by atoms with Crippen LogP contribution in [-0.4, -0.2) is 45.0 Å². The second kappa shape index (κ2) is 6.62. The zero-order chi connectivity index (χ0) is 20.9. The highest BCUT2D eigenvalue weighted by atomic mass is 16.2. The lowest BCUT2D eigenvalue weighted by atomic mass is 9.83. The van der Waals surface area contributed by atoms with E-state index in [1.807, 2.05) is 0 Å². The minimum Gasteiger partial charge on any atom is -0.354 e. The molecule has 1 saturated heterocycles. The fourth-order valence-electron chi connectivity index (χ4n) is 4.15. The maximum absolute atomic E-state index is 13.3. The Kier molecular flexibility index (Phi) is 4.03. The van der Waals surface area contributed by atoms with Gasteiger partial charge in [0.1, 0.15) is 16.6 Å². The van der Waals surface area contributed by atoms with Crippen LogP contribution in [0.5, 0.6) is 0 Å². The van der Waals surface area contributed by atoms with E-state index in [1.165, 1.54) is 0 Å². The quantitative estimate of drug-likeness (QED) is 0.713. The Morgan fingerprint density at radius 2 is 2.17 bits per heavy atom. The molecular formula is C21H19N7O2. The second-order valence-electron chi connectivity index (χ2n) is 7.69. The van der Waals surface area contributed by atoms with Crippen molar-refractivity contribution in [3.8, 4) is 17.3 Å². The summed E-state index contributed by atoms with van der Waals surface area (Å²) in [6.45, 7) is 0.452. The van der Waals surface area contributed by atoms with E-state index >= 15 is 0 Å². The van der Waals surface area contributed by atoms with Gasteiger partial charge < -0.3 is 5.32 Å². The van der Waals surface area contributed by atoms with Crippen LogP contribution in [0.2, 0.25) is 0 Å². The number of pyridine rings is 1. The summed E-state index contributed by atoms with van der Waals surface area (Å²) in [5, 5.41) is 16.6. The number of hydrogen-bond donors (Lipinski definition) is 1. The number of carbonyl (C=O) groups excluding carboxylic acids is 2. The summed E-state index contributed by atoms with van der Waals surface area (Å²) in [7, 11) is 1.55. The van der Waals surface area contributed by atoms with E-state index in [-0.39, 0.29) is 17.7 Å². The first-order valence-corrected chi connectivity index (χ1v) is 9.83. The van der Waals surface area contributed by atoms with Gasteiger partial charge in [-0.1, -0.05) is 0 Å². The molecule has 0 radical (unpaired) electrons. The minimum absolute atomic E-state index is 0.144. The fraction of sp³-hybridized carbons (Fsp3) is 0.333. The Labute approximate surface area is 172 Å². The molecule has 9 nitrogen and oxygen atoms in total. The average Bonchev–Trinajstić information content (AvgIpc) is 3.43. The molecule has 4 heterocycles. The Hall–Kier alpha value is -3.80. The Morgan fingerprint density at radius 1 is 1.33 bits per heavy atom. The number of nitrogens with zero attached hydrogens (tertiary/aromatic N) is 6. The monoisotopic (exact) mass is 401 g/mol. The van der Waals surface area contributed by atoms with Crippen LogP contribution in [0.1, 0.15) is 29.8 Å². The molecule has 5 rings (SSSR count). The van der Waals surface area contributed by atoms with Crippen LogP contribution >= 0.6 is 0 Å². The molecule has 2 fully saturated rings. The summed E-state index contributed by atoms with van der Waals surface area (Å²) in [6.07, 6.45) is 7.34. The third-order valence-corrected chi connectivity index (χ3v) is 5.98. The predicted molar refractivity (Wildman–Crippen MR) is 107 cm³/mol. The molecule has 1 N–H and O–H groups in total. The minimum atomic E-state index is -0.939. The Bertz CT molecular complexity index is 1210. The van der Waals surface area contributed by atoms with Gasteiger partial charge in [0, 0.05) is 25.4 Å². The molecule has 0 bridgehead atoms. The average molecular weight is 401 g/mol. The molecule has 0 aromatic carbocycles. The lowest BCUT2D eigenvalue weighted by Crippen LogP contribution is -2.36. The molecule has 3 aromatic heterocycles. The van der Waals surface area contributed by atoms with Gasteiger partial charge in [-0.2, -0.15) is 10.4 Å². The van der Waals surface area contributed by atoms with Crippen LogP contribution in [0, 0.1) is 22.7 Å². The number of fused-ring (bicyclic) bond motifs is 1. The lowest BCUT2D eigenvalue weighted by molar-refractivity contribution is -0.123. The van der Waals surface area contributed by atoms with Crippen molar-refractivity contribution in [2.75, 3.05) is 18.5 Å². The van der Waals surface area contributed by atoms with Crippen molar-refractivity contribution in [1.29, 1.82) is 5.26 Å². The summed E-state index contributed by atoms with van der Waals surface area (Å²) in [6, 6.07) is 7.49. The van der Waals surface area contributed by atoms with Gasteiger partial charge >= 0.3 is 0 Å². The molecule has 3 aromatic rings. The zero-order valence-electron chi connectivity index (χ0n) is 16.4. The van der Waals surface area contributed by atoms with E-state index in [1.54, 1.807) is 53.3 Å². The Balaban J connectivity index is 1.57. The van der Waals surface area contributed by atoms with Gasteiger partial charge in [-0.15, -0.1) is 0 Å². The fourth-order valence-corrected chi connectivity index (χ4v) is 4.15. The van der Waals surface area contributed by atoms with Crippen molar-refractivity contribution < 1.29 is 9.59 Å². The van der Waals surface area contributed by atoms with Gasteiger partial charge in [-0.3, -0.25) is 19.5 Å². The summed E-state index contributed by atoms with van der Waals surface area (Å²) in [5.41, 5.74) is 1.34. The molecule has 0 spiro atoms. The third-order valence-electron chi connectivity index (χ3n) is 5.98. The first-order chi connectivity index (χ1) is 14.6. The van der Waals surface area contributed by atoms with Crippen molar-refractivity contribution >= 4 is 23.1 Å². The molecular weight excluding hydrogens is 382 g/mol. The summed E-state index contributed by atoms with van der Waals surface area (Å²) in [4.78, 5) is 35.6. The molecule has 2 aliphatic rings. The van der Waals surface area contributed by atoms with Crippen LogP contribution in [0.25, 0.3) is 16.8 Å². The second-order valence-corrected chi connectivity index (χ2v) is 7.69. The van der Waals surface area contributed by atoms with Gasteiger partial charge in [-0.05, 0) is 43.4 Å². The highest BCUT2D eigenvalue weighted by molar-refractivity contribution is 6.04. The molecule has 9 heteroatoms. The van der Waals surface area contributed by atoms with Crippen molar-refractivity contribution in [2.24, 2.45) is 11.3 Å². The van der Waals surface area contributed by atoms with E-state index < -0.39 is 5.41 Å². The summed E-state index contributed by atoms with van der Waals surface area (Å²) in [5.74, 6) is 0.190. The molecule has 150 valence electrons. The number of anilines is 1. The number of nitrogens with one attached hydrogen (secondary N) is 1. The first-order valence-electron chi connectivity index (χ1n) is 9.83. The predicted octanol–water partition coefficient (Wildman–Crippen LogP) is 1.81. The highest BCUT2D eigenvalue weighted by Crippen LogP contribution is 2.52. The van der Waals surface area contributed by atoms with Gasteiger partial charge in [0.15, 0.2) is 5.82 Å². The molecule has 1 aliphatic carbocycles. The summed E-state index contributed by atoms with van der Waals surface area (Å²) >= 11 is 0. The van der Waals surface area contributed by atoms with Crippen LogP contribution in [0.15, 0.2) is 36.8 Å². The number of nitriles is 1. The maximum atomic E-state index is 13.3. The largest absolute Gasteiger partial charge is 0.354 e. The molecule has 2 amide bonds. The van der Waals surface area contributed by atoms with Crippen molar-refractivity contribution in [3.05, 3.63) is 42.5 Å². The zero-order valence-corrected chi connectivity index (χ0v) is 16.4. The van der Waals surface area contributed by atoms with Crippen molar-refractivity contribution in [2.45, 2.75) is 19.3 Å².